The summed E-state index contributed by atoms with van der Waals surface area (Å²) >= 11 is 0. The van der Waals surface area contributed by atoms with Gasteiger partial charge in [0.1, 0.15) is 17.9 Å². The molecule has 0 spiro atoms. The van der Waals surface area contributed by atoms with Gasteiger partial charge in [0.05, 0.1) is 24.9 Å². The van der Waals surface area contributed by atoms with Crippen LogP contribution in [0.1, 0.15) is 29.6 Å². The van der Waals surface area contributed by atoms with E-state index in [1.165, 1.54) is 6.07 Å². The van der Waals surface area contributed by atoms with Gasteiger partial charge in [0, 0.05) is 26.6 Å². The van der Waals surface area contributed by atoms with Gasteiger partial charge in [-0.3, -0.25) is 0 Å². The molecular weight excluding hydrogens is 409 g/mol. The molecule has 0 fully saturated rings. The van der Waals surface area contributed by atoms with Crippen molar-refractivity contribution < 1.29 is 17.6 Å². The number of guanidine groups is 1. The zero-order valence-corrected chi connectivity index (χ0v) is 17.4. The van der Waals surface area contributed by atoms with Crippen LogP contribution >= 0.6 is 0 Å². The summed E-state index contributed by atoms with van der Waals surface area (Å²) in [7, 11) is 1.84. The predicted molar refractivity (Wildman–Crippen MR) is 110 cm³/mol. The molecule has 0 saturated heterocycles. The van der Waals surface area contributed by atoms with Gasteiger partial charge in [0.15, 0.2) is 5.96 Å². The Balaban J connectivity index is 1.71. The fourth-order valence-corrected chi connectivity index (χ4v) is 3.06. The van der Waals surface area contributed by atoms with Crippen LogP contribution in [0.4, 0.5) is 13.2 Å². The van der Waals surface area contributed by atoms with Gasteiger partial charge in [-0.05, 0) is 29.8 Å². The highest BCUT2D eigenvalue weighted by Crippen LogP contribution is 2.29. The summed E-state index contributed by atoms with van der Waals surface area (Å²) in [5, 5.41) is 11.3. The number of halogens is 3. The number of benzene rings is 1. The molecule has 0 aliphatic carbocycles. The minimum Gasteiger partial charge on any atom is -0.467 e. The molecule has 0 aliphatic heterocycles. The number of aryl methyl sites for hydroxylation is 1. The van der Waals surface area contributed by atoms with E-state index in [9.17, 15) is 13.2 Å². The highest BCUT2D eigenvalue weighted by molar-refractivity contribution is 5.79. The fraction of sp³-hybridized carbons (Fsp3) is 0.381. The molecule has 0 bridgehead atoms. The Kier molecular flexibility index (Phi) is 7.32. The standard InChI is InChI=1S/C21H25F3N6O/c1-3-19-28-27-15-30(19)10-9-25-20(29(2)14-18-8-5-11-31-18)26-13-16-6-4-7-17(12-16)21(22,23)24/h4-8,11-12,15H,3,9-10,13-14H2,1-2H3,(H,25,26). The van der Waals surface area contributed by atoms with Crippen LogP contribution < -0.4 is 5.32 Å². The Morgan fingerprint density at radius 3 is 2.81 bits per heavy atom. The molecular formula is C21H25F3N6O. The Morgan fingerprint density at radius 1 is 1.26 bits per heavy atom. The largest absolute Gasteiger partial charge is 0.467 e. The lowest BCUT2D eigenvalue weighted by atomic mass is 10.1. The summed E-state index contributed by atoms with van der Waals surface area (Å²) in [5.74, 6) is 2.19. The van der Waals surface area contributed by atoms with Crippen molar-refractivity contribution >= 4 is 5.96 Å². The summed E-state index contributed by atoms with van der Waals surface area (Å²) in [6.07, 6.45) is -0.345. The fourth-order valence-electron chi connectivity index (χ4n) is 3.06. The van der Waals surface area contributed by atoms with Crippen molar-refractivity contribution in [2.75, 3.05) is 13.6 Å². The van der Waals surface area contributed by atoms with Crippen LogP contribution in [0.2, 0.25) is 0 Å². The Morgan fingerprint density at radius 2 is 2.10 bits per heavy atom. The zero-order valence-electron chi connectivity index (χ0n) is 17.4. The maximum Gasteiger partial charge on any atom is 0.416 e. The van der Waals surface area contributed by atoms with Gasteiger partial charge in [-0.25, -0.2) is 4.99 Å². The van der Waals surface area contributed by atoms with Crippen LogP contribution in [0.25, 0.3) is 0 Å². The maximum atomic E-state index is 13.0. The normalized spacial score (nSPS) is 12.2. The second kappa shape index (κ2) is 10.1. The highest BCUT2D eigenvalue weighted by Gasteiger charge is 2.30. The van der Waals surface area contributed by atoms with Gasteiger partial charge < -0.3 is 19.2 Å². The van der Waals surface area contributed by atoms with Crippen molar-refractivity contribution in [3.05, 3.63) is 71.7 Å². The first-order valence-corrected chi connectivity index (χ1v) is 9.91. The summed E-state index contributed by atoms with van der Waals surface area (Å²) in [6, 6.07) is 8.86. The number of hydrogen-bond acceptors (Lipinski definition) is 4. The number of alkyl halides is 3. The average molecular weight is 434 g/mol. The Labute approximate surface area is 178 Å². The van der Waals surface area contributed by atoms with Gasteiger partial charge in [-0.2, -0.15) is 13.2 Å². The lowest BCUT2D eigenvalue weighted by molar-refractivity contribution is -0.137. The molecule has 7 nitrogen and oxygen atoms in total. The molecule has 0 amide bonds. The second-order valence-corrected chi connectivity index (χ2v) is 6.99. The smallest absolute Gasteiger partial charge is 0.416 e. The lowest BCUT2D eigenvalue weighted by Crippen LogP contribution is -2.40. The van der Waals surface area contributed by atoms with Crippen LogP contribution in [-0.2, 0) is 32.2 Å². The SMILES string of the molecule is CCc1nncn1CCNC(=NCc1cccc(C(F)(F)F)c1)N(C)Cc1ccco1. The molecule has 31 heavy (non-hydrogen) atoms. The van der Waals surface area contributed by atoms with Gasteiger partial charge in [0.25, 0.3) is 0 Å². The van der Waals surface area contributed by atoms with E-state index in [2.05, 4.69) is 20.5 Å². The molecule has 0 radical (unpaired) electrons. The van der Waals surface area contributed by atoms with Crippen molar-refractivity contribution in [3.8, 4) is 0 Å². The number of nitrogens with one attached hydrogen (secondary N) is 1. The molecule has 1 N–H and O–H groups in total. The summed E-state index contributed by atoms with van der Waals surface area (Å²) in [4.78, 5) is 6.40. The van der Waals surface area contributed by atoms with E-state index in [1.807, 2.05) is 29.5 Å². The van der Waals surface area contributed by atoms with E-state index in [4.69, 9.17) is 4.42 Å². The first-order chi connectivity index (χ1) is 14.9. The molecule has 0 atom stereocenters. The number of aromatic nitrogens is 3. The van der Waals surface area contributed by atoms with Crippen molar-refractivity contribution in [3.63, 3.8) is 0 Å². The van der Waals surface area contributed by atoms with Crippen molar-refractivity contribution in [2.45, 2.75) is 39.2 Å². The quantitative estimate of drug-likeness (QED) is 0.432. The molecule has 0 saturated carbocycles. The van der Waals surface area contributed by atoms with E-state index >= 15 is 0 Å². The van der Waals surface area contributed by atoms with E-state index in [0.717, 1.165) is 30.1 Å². The third kappa shape index (κ3) is 6.34. The number of nitrogens with zero attached hydrogens (tertiary/aromatic N) is 5. The molecule has 0 unspecified atom stereocenters. The van der Waals surface area contributed by atoms with Crippen LogP contribution in [-0.4, -0.2) is 39.2 Å². The van der Waals surface area contributed by atoms with Crippen molar-refractivity contribution in [1.82, 2.24) is 25.0 Å². The highest BCUT2D eigenvalue weighted by atomic mass is 19.4. The van der Waals surface area contributed by atoms with E-state index in [0.29, 0.717) is 31.2 Å². The minimum absolute atomic E-state index is 0.113. The third-order valence-electron chi connectivity index (χ3n) is 4.65. The third-order valence-corrected chi connectivity index (χ3v) is 4.65. The summed E-state index contributed by atoms with van der Waals surface area (Å²) in [5.41, 5.74) is -0.203. The van der Waals surface area contributed by atoms with Gasteiger partial charge >= 0.3 is 6.18 Å². The summed E-state index contributed by atoms with van der Waals surface area (Å²) < 4.78 is 46.3. The summed E-state index contributed by atoms with van der Waals surface area (Å²) in [6.45, 7) is 3.77. The van der Waals surface area contributed by atoms with E-state index < -0.39 is 11.7 Å². The van der Waals surface area contributed by atoms with Gasteiger partial charge in [-0.1, -0.05) is 19.1 Å². The molecule has 166 valence electrons. The Hall–Kier alpha value is -3.30. The second-order valence-electron chi connectivity index (χ2n) is 6.99. The molecule has 10 heteroatoms. The van der Waals surface area contributed by atoms with Crippen molar-refractivity contribution in [2.24, 2.45) is 4.99 Å². The molecule has 1 aromatic carbocycles. The van der Waals surface area contributed by atoms with Crippen LogP contribution in [0.5, 0.6) is 0 Å². The average Bonchev–Trinajstić information content (AvgIpc) is 3.41. The number of aliphatic imine (C=N–C) groups is 1. The lowest BCUT2D eigenvalue weighted by Gasteiger charge is -2.22. The van der Waals surface area contributed by atoms with Crippen LogP contribution in [0.3, 0.4) is 0 Å². The minimum atomic E-state index is -4.38. The molecule has 2 aromatic heterocycles. The monoisotopic (exact) mass is 434 g/mol. The number of hydrogen-bond donors (Lipinski definition) is 1. The van der Waals surface area contributed by atoms with Gasteiger partial charge in [-0.15, -0.1) is 10.2 Å². The molecule has 0 aliphatic rings. The van der Waals surface area contributed by atoms with E-state index in [-0.39, 0.29) is 6.54 Å². The van der Waals surface area contributed by atoms with Crippen molar-refractivity contribution in [1.29, 1.82) is 0 Å². The molecule has 3 aromatic rings. The molecule has 3 rings (SSSR count). The topological polar surface area (TPSA) is 71.5 Å². The predicted octanol–water partition coefficient (Wildman–Crippen LogP) is 3.73. The van der Waals surface area contributed by atoms with Crippen LogP contribution in [0, 0.1) is 0 Å². The Bertz CT molecular complexity index is 981. The molecule has 2 heterocycles. The first kappa shape index (κ1) is 22.4. The van der Waals surface area contributed by atoms with Crippen LogP contribution in [0.15, 0.2) is 58.4 Å². The van der Waals surface area contributed by atoms with E-state index in [1.54, 1.807) is 24.7 Å². The number of rotatable bonds is 8. The maximum absolute atomic E-state index is 13.0. The zero-order chi connectivity index (χ0) is 22.3. The first-order valence-electron chi connectivity index (χ1n) is 9.91. The van der Waals surface area contributed by atoms with Gasteiger partial charge in [0.2, 0.25) is 0 Å². The number of furan rings is 1.